The van der Waals surface area contributed by atoms with Gasteiger partial charge in [0.15, 0.2) is 0 Å². The molecule has 18 heavy (non-hydrogen) atoms. The van der Waals surface area contributed by atoms with Crippen molar-refractivity contribution < 1.29 is 37.1 Å². The van der Waals surface area contributed by atoms with Gasteiger partial charge in [-0.3, -0.25) is 4.74 Å². The number of rotatable bonds is 5. The van der Waals surface area contributed by atoms with Gasteiger partial charge in [-0.2, -0.15) is 0 Å². The van der Waals surface area contributed by atoms with E-state index in [2.05, 4.69) is 4.74 Å². The van der Waals surface area contributed by atoms with Crippen LogP contribution in [0.2, 0.25) is 0 Å². The van der Waals surface area contributed by atoms with Crippen molar-refractivity contribution in [3.63, 3.8) is 0 Å². The predicted octanol–water partition coefficient (Wildman–Crippen LogP) is 0.421. The van der Waals surface area contributed by atoms with Gasteiger partial charge in [-0.15, -0.1) is 13.2 Å². The Morgan fingerprint density at radius 2 is 1.83 bits per heavy atom. The lowest BCUT2D eigenvalue weighted by atomic mass is 9.79. The van der Waals surface area contributed by atoms with Gasteiger partial charge in [-0.25, -0.2) is 4.39 Å². The Balaban J connectivity index is 2.57. The summed E-state index contributed by atoms with van der Waals surface area (Å²) >= 11 is 0. The first kappa shape index (κ1) is 14.7. The molecule has 2 N–H and O–H groups in total. The Bertz CT molecular complexity index is 397. The summed E-state index contributed by atoms with van der Waals surface area (Å²) in [4.78, 5) is 0. The maximum absolute atomic E-state index is 12.8. The molecule has 0 aliphatic rings. The molecule has 0 aliphatic carbocycles. The standard InChI is InChI=1S/C9H9BF4O4/c11-6-1-2-8(7(5-6)10(15)16)17-3-4-18-9(12,13)14/h1-2,5,15-16H,3-4H2. The van der Waals surface area contributed by atoms with Crippen LogP contribution in [0.4, 0.5) is 17.6 Å². The smallest absolute Gasteiger partial charge is 0.492 e. The van der Waals surface area contributed by atoms with Gasteiger partial charge in [0.25, 0.3) is 0 Å². The molecule has 0 bridgehead atoms. The molecule has 0 unspecified atom stereocenters. The van der Waals surface area contributed by atoms with Crippen molar-refractivity contribution in [1.29, 1.82) is 0 Å². The van der Waals surface area contributed by atoms with Crippen molar-refractivity contribution in [3.05, 3.63) is 24.0 Å². The Labute approximate surface area is 99.9 Å². The van der Waals surface area contributed by atoms with Crippen molar-refractivity contribution in [2.24, 2.45) is 0 Å². The highest BCUT2D eigenvalue weighted by molar-refractivity contribution is 6.59. The molecule has 0 atom stereocenters. The van der Waals surface area contributed by atoms with Crippen LogP contribution < -0.4 is 10.2 Å². The van der Waals surface area contributed by atoms with Crippen LogP contribution in [0.1, 0.15) is 0 Å². The molecule has 100 valence electrons. The van der Waals surface area contributed by atoms with Gasteiger partial charge >= 0.3 is 13.5 Å². The Morgan fingerprint density at radius 3 is 2.39 bits per heavy atom. The number of hydrogen-bond acceptors (Lipinski definition) is 4. The zero-order valence-electron chi connectivity index (χ0n) is 8.95. The first-order chi connectivity index (χ1) is 8.29. The molecule has 0 aromatic heterocycles. The fourth-order valence-corrected chi connectivity index (χ4v) is 1.16. The highest BCUT2D eigenvalue weighted by Crippen LogP contribution is 2.16. The van der Waals surface area contributed by atoms with Gasteiger partial charge in [0.2, 0.25) is 0 Å². The fraction of sp³-hybridized carbons (Fsp3) is 0.333. The molecule has 0 aliphatic heterocycles. The molecule has 1 aromatic rings. The Morgan fingerprint density at radius 1 is 1.17 bits per heavy atom. The first-order valence-corrected chi connectivity index (χ1v) is 4.78. The number of benzene rings is 1. The van der Waals surface area contributed by atoms with Gasteiger partial charge in [-0.1, -0.05) is 0 Å². The molecule has 0 amide bonds. The monoisotopic (exact) mass is 268 g/mol. The maximum Gasteiger partial charge on any atom is 0.522 e. The van der Waals surface area contributed by atoms with Crippen molar-refractivity contribution in [2.45, 2.75) is 6.36 Å². The molecule has 0 heterocycles. The summed E-state index contributed by atoms with van der Waals surface area (Å²) in [5.74, 6) is -0.853. The van der Waals surface area contributed by atoms with Crippen molar-refractivity contribution >= 4 is 12.6 Å². The van der Waals surface area contributed by atoms with E-state index in [1.165, 1.54) is 0 Å². The van der Waals surface area contributed by atoms with E-state index in [4.69, 9.17) is 14.8 Å². The van der Waals surface area contributed by atoms with E-state index in [1.54, 1.807) is 0 Å². The average Bonchev–Trinajstić information content (AvgIpc) is 2.24. The molecule has 9 heteroatoms. The number of halogens is 4. The lowest BCUT2D eigenvalue weighted by molar-refractivity contribution is -0.325. The second-order valence-electron chi connectivity index (χ2n) is 3.20. The second-order valence-corrected chi connectivity index (χ2v) is 3.20. The van der Waals surface area contributed by atoms with Crippen LogP contribution in [0, 0.1) is 5.82 Å². The molecular weight excluding hydrogens is 259 g/mol. The van der Waals surface area contributed by atoms with E-state index < -0.39 is 32.5 Å². The summed E-state index contributed by atoms with van der Waals surface area (Å²) in [5, 5.41) is 17.8. The van der Waals surface area contributed by atoms with Crippen LogP contribution >= 0.6 is 0 Å². The Hall–Kier alpha value is -1.32. The third kappa shape index (κ3) is 4.90. The minimum absolute atomic E-state index is 0.128. The summed E-state index contributed by atoms with van der Waals surface area (Å²) in [5.41, 5.74) is -0.276. The lowest BCUT2D eigenvalue weighted by Crippen LogP contribution is -2.32. The highest BCUT2D eigenvalue weighted by Gasteiger charge is 2.28. The summed E-state index contributed by atoms with van der Waals surface area (Å²) < 4.78 is 56.0. The van der Waals surface area contributed by atoms with E-state index in [0.717, 1.165) is 18.2 Å². The van der Waals surface area contributed by atoms with Crippen LogP contribution in [0.3, 0.4) is 0 Å². The molecule has 4 nitrogen and oxygen atoms in total. The quantitative estimate of drug-likeness (QED) is 0.461. The second kappa shape index (κ2) is 6.03. The lowest BCUT2D eigenvalue weighted by Gasteiger charge is -2.12. The summed E-state index contributed by atoms with van der Waals surface area (Å²) in [6.07, 6.45) is -4.76. The normalized spacial score (nSPS) is 11.4. The predicted molar refractivity (Wildman–Crippen MR) is 53.7 cm³/mol. The first-order valence-electron chi connectivity index (χ1n) is 4.78. The van der Waals surface area contributed by atoms with Crippen molar-refractivity contribution in [1.82, 2.24) is 0 Å². The van der Waals surface area contributed by atoms with E-state index in [-0.39, 0.29) is 11.2 Å². The number of ether oxygens (including phenoxy) is 2. The summed E-state index contributed by atoms with van der Waals surface area (Å²) in [7, 11) is -1.99. The van der Waals surface area contributed by atoms with E-state index in [9.17, 15) is 17.6 Å². The number of hydrogen-bond donors (Lipinski definition) is 2. The molecule has 0 radical (unpaired) electrons. The molecule has 0 fully saturated rings. The topological polar surface area (TPSA) is 58.9 Å². The molecular formula is C9H9BF4O4. The molecule has 0 spiro atoms. The molecule has 1 aromatic carbocycles. The minimum Gasteiger partial charge on any atom is -0.492 e. The third-order valence-electron chi connectivity index (χ3n) is 1.86. The Kier molecular flexibility index (Phi) is 4.94. The highest BCUT2D eigenvalue weighted by atomic mass is 19.4. The van der Waals surface area contributed by atoms with Crippen LogP contribution in [-0.4, -0.2) is 36.7 Å². The summed E-state index contributed by atoms with van der Waals surface area (Å²) in [6, 6.07) is 2.87. The maximum atomic E-state index is 12.8. The van der Waals surface area contributed by atoms with E-state index >= 15 is 0 Å². The third-order valence-corrected chi connectivity index (χ3v) is 1.86. The van der Waals surface area contributed by atoms with Gasteiger partial charge in [-0.05, 0) is 18.2 Å². The van der Waals surface area contributed by atoms with Gasteiger partial charge in [0, 0.05) is 5.46 Å². The zero-order valence-corrected chi connectivity index (χ0v) is 8.95. The number of alkyl halides is 3. The molecule has 1 rings (SSSR count). The molecule has 0 saturated heterocycles. The van der Waals surface area contributed by atoms with Crippen molar-refractivity contribution in [2.75, 3.05) is 13.2 Å². The zero-order chi connectivity index (χ0) is 13.8. The van der Waals surface area contributed by atoms with Crippen LogP contribution in [0.25, 0.3) is 0 Å². The largest absolute Gasteiger partial charge is 0.522 e. The van der Waals surface area contributed by atoms with Crippen LogP contribution in [0.15, 0.2) is 18.2 Å². The van der Waals surface area contributed by atoms with Gasteiger partial charge in [0.05, 0.1) is 6.61 Å². The SMILES string of the molecule is OB(O)c1cc(F)ccc1OCCOC(F)(F)F. The van der Waals surface area contributed by atoms with Crippen LogP contribution in [0.5, 0.6) is 5.75 Å². The fourth-order valence-electron chi connectivity index (χ4n) is 1.16. The van der Waals surface area contributed by atoms with Gasteiger partial charge in [0.1, 0.15) is 18.2 Å². The van der Waals surface area contributed by atoms with Gasteiger partial charge < -0.3 is 14.8 Å². The minimum atomic E-state index is -4.76. The molecule has 0 saturated carbocycles. The van der Waals surface area contributed by atoms with Crippen LogP contribution in [-0.2, 0) is 4.74 Å². The van der Waals surface area contributed by atoms with E-state index in [1.807, 2.05) is 0 Å². The van der Waals surface area contributed by atoms with E-state index in [0.29, 0.717) is 0 Å². The van der Waals surface area contributed by atoms with Crippen molar-refractivity contribution in [3.8, 4) is 5.75 Å². The average molecular weight is 268 g/mol. The summed E-state index contributed by atoms with van der Waals surface area (Å²) in [6.45, 7) is -1.23.